The van der Waals surface area contributed by atoms with Gasteiger partial charge in [0.1, 0.15) is 0 Å². The minimum Gasteiger partial charge on any atom is -0.338 e. The zero-order valence-electron chi connectivity index (χ0n) is 15.8. The van der Waals surface area contributed by atoms with Crippen molar-refractivity contribution in [2.24, 2.45) is 0 Å². The van der Waals surface area contributed by atoms with Gasteiger partial charge in [0.2, 0.25) is 5.91 Å². The normalized spacial score (nSPS) is 14.4. The van der Waals surface area contributed by atoms with Crippen LogP contribution in [0, 0.1) is 0 Å². The Morgan fingerprint density at radius 1 is 0.929 bits per heavy atom. The molecule has 0 N–H and O–H groups in total. The van der Waals surface area contributed by atoms with Gasteiger partial charge in [-0.25, -0.2) is 0 Å². The maximum atomic E-state index is 12.7. The largest absolute Gasteiger partial charge is 0.338 e. The van der Waals surface area contributed by atoms with Gasteiger partial charge in [-0.3, -0.25) is 14.5 Å². The minimum atomic E-state index is -0.152. The molecule has 2 aromatic carbocycles. The van der Waals surface area contributed by atoms with E-state index in [4.69, 9.17) is 23.2 Å². The molecule has 5 nitrogen and oxygen atoms in total. The first-order valence-electron chi connectivity index (χ1n) is 9.19. The average Bonchev–Trinajstić information content (AvgIpc) is 2.70. The van der Waals surface area contributed by atoms with E-state index in [-0.39, 0.29) is 16.8 Å². The first kappa shape index (κ1) is 20.6. The Morgan fingerprint density at radius 2 is 1.57 bits per heavy atom. The average molecular weight is 420 g/mol. The van der Waals surface area contributed by atoms with Crippen LogP contribution in [0.4, 0.5) is 0 Å². The molecule has 0 aliphatic carbocycles. The Kier molecular flexibility index (Phi) is 6.94. The second-order valence-corrected chi connectivity index (χ2v) is 7.72. The number of amides is 2. The monoisotopic (exact) mass is 419 g/mol. The fourth-order valence-corrected chi connectivity index (χ4v) is 3.66. The van der Waals surface area contributed by atoms with Crippen LogP contribution in [0.25, 0.3) is 0 Å². The maximum absolute atomic E-state index is 12.7. The van der Waals surface area contributed by atoms with Gasteiger partial charge in [-0.2, -0.15) is 0 Å². The summed E-state index contributed by atoms with van der Waals surface area (Å²) in [5.41, 5.74) is 1.57. The van der Waals surface area contributed by atoms with E-state index >= 15 is 0 Å². The Labute approximate surface area is 175 Å². The lowest BCUT2D eigenvalue weighted by Crippen LogP contribution is -2.52. The number of piperazine rings is 1. The van der Waals surface area contributed by atoms with Gasteiger partial charge in [0.05, 0.1) is 22.2 Å². The standard InChI is InChI=1S/C21H23Cl2N3O2/c1-24(14-16-6-3-2-4-7-16)15-19(27)25-10-12-26(13-11-25)21(28)17-8-5-9-18(22)20(17)23/h2-9H,10-15H2,1H3. The van der Waals surface area contributed by atoms with Crippen molar-refractivity contribution in [3.05, 3.63) is 69.7 Å². The van der Waals surface area contributed by atoms with Crippen LogP contribution in [0.1, 0.15) is 15.9 Å². The molecule has 148 valence electrons. The van der Waals surface area contributed by atoms with Crippen LogP contribution in [0.15, 0.2) is 48.5 Å². The molecule has 0 aromatic heterocycles. The molecule has 1 aliphatic rings. The molecule has 0 bridgehead atoms. The van der Waals surface area contributed by atoms with Gasteiger partial charge in [-0.05, 0) is 24.7 Å². The molecular formula is C21H23Cl2N3O2. The van der Waals surface area contributed by atoms with Gasteiger partial charge in [0.25, 0.3) is 5.91 Å². The molecule has 0 saturated carbocycles. The number of carbonyl (C=O) groups excluding carboxylic acids is 2. The fourth-order valence-electron chi connectivity index (χ4n) is 3.28. The van der Waals surface area contributed by atoms with Crippen LogP contribution in [0.2, 0.25) is 10.0 Å². The summed E-state index contributed by atoms with van der Waals surface area (Å²) in [4.78, 5) is 30.8. The van der Waals surface area contributed by atoms with Crippen molar-refractivity contribution in [3.8, 4) is 0 Å². The Hall–Kier alpha value is -2.08. The van der Waals surface area contributed by atoms with E-state index in [1.165, 1.54) is 5.56 Å². The third kappa shape index (κ3) is 5.04. The number of rotatable bonds is 5. The van der Waals surface area contributed by atoms with Crippen LogP contribution in [-0.2, 0) is 11.3 Å². The lowest BCUT2D eigenvalue weighted by Gasteiger charge is -2.35. The SMILES string of the molecule is CN(CC(=O)N1CCN(C(=O)c2cccc(Cl)c2Cl)CC1)Cc1ccccc1. The summed E-state index contributed by atoms with van der Waals surface area (Å²) in [6, 6.07) is 15.1. The molecule has 7 heteroatoms. The third-order valence-electron chi connectivity index (χ3n) is 4.80. The smallest absolute Gasteiger partial charge is 0.255 e. The Morgan fingerprint density at radius 3 is 2.25 bits per heavy atom. The number of carbonyl (C=O) groups is 2. The molecule has 2 amide bonds. The van der Waals surface area contributed by atoms with Gasteiger partial charge in [-0.1, -0.05) is 59.6 Å². The molecular weight excluding hydrogens is 397 g/mol. The molecule has 0 unspecified atom stereocenters. The van der Waals surface area contributed by atoms with E-state index in [1.54, 1.807) is 23.1 Å². The Bertz CT molecular complexity index is 837. The van der Waals surface area contributed by atoms with Gasteiger partial charge < -0.3 is 9.80 Å². The minimum absolute atomic E-state index is 0.0753. The second-order valence-electron chi connectivity index (χ2n) is 6.93. The van der Waals surface area contributed by atoms with Gasteiger partial charge in [0.15, 0.2) is 0 Å². The van der Waals surface area contributed by atoms with Gasteiger partial charge in [0, 0.05) is 32.7 Å². The second kappa shape index (κ2) is 9.41. The zero-order chi connectivity index (χ0) is 20.1. The van der Waals surface area contributed by atoms with Crippen LogP contribution < -0.4 is 0 Å². The van der Waals surface area contributed by atoms with Crippen molar-refractivity contribution < 1.29 is 9.59 Å². The molecule has 0 spiro atoms. The summed E-state index contributed by atoms with van der Waals surface area (Å²) >= 11 is 12.2. The van der Waals surface area contributed by atoms with Crippen molar-refractivity contribution in [2.45, 2.75) is 6.54 Å². The first-order chi connectivity index (χ1) is 13.5. The van der Waals surface area contributed by atoms with Gasteiger partial charge >= 0.3 is 0 Å². The number of nitrogens with zero attached hydrogens (tertiary/aromatic N) is 3. The highest BCUT2D eigenvalue weighted by atomic mass is 35.5. The molecule has 2 aromatic rings. The van der Waals surface area contributed by atoms with Crippen LogP contribution in [0.3, 0.4) is 0 Å². The quantitative estimate of drug-likeness (QED) is 0.745. The van der Waals surface area contributed by atoms with Crippen LogP contribution in [0.5, 0.6) is 0 Å². The van der Waals surface area contributed by atoms with Gasteiger partial charge in [-0.15, -0.1) is 0 Å². The predicted molar refractivity (Wildman–Crippen MR) is 112 cm³/mol. The molecule has 0 atom stereocenters. The summed E-state index contributed by atoms with van der Waals surface area (Å²) < 4.78 is 0. The molecule has 0 radical (unpaired) electrons. The first-order valence-corrected chi connectivity index (χ1v) is 9.95. The summed E-state index contributed by atoms with van der Waals surface area (Å²) in [7, 11) is 1.94. The van der Waals surface area contributed by atoms with Crippen molar-refractivity contribution in [3.63, 3.8) is 0 Å². The number of hydrogen-bond acceptors (Lipinski definition) is 3. The third-order valence-corrected chi connectivity index (χ3v) is 5.62. The zero-order valence-corrected chi connectivity index (χ0v) is 17.3. The van der Waals surface area contributed by atoms with E-state index in [0.717, 1.165) is 6.54 Å². The van der Waals surface area contributed by atoms with E-state index < -0.39 is 0 Å². The highest BCUT2D eigenvalue weighted by molar-refractivity contribution is 6.43. The van der Waals surface area contributed by atoms with Crippen LogP contribution >= 0.6 is 23.2 Å². The molecule has 1 aliphatic heterocycles. The summed E-state index contributed by atoms with van der Waals surface area (Å²) in [6.45, 7) is 3.07. The maximum Gasteiger partial charge on any atom is 0.255 e. The lowest BCUT2D eigenvalue weighted by atomic mass is 10.1. The van der Waals surface area contributed by atoms with E-state index in [0.29, 0.717) is 43.3 Å². The van der Waals surface area contributed by atoms with Crippen molar-refractivity contribution in [1.29, 1.82) is 0 Å². The fraction of sp³-hybridized carbons (Fsp3) is 0.333. The summed E-state index contributed by atoms with van der Waals surface area (Å²) in [5.74, 6) is -0.0767. The lowest BCUT2D eigenvalue weighted by molar-refractivity contribution is -0.133. The molecule has 3 rings (SSSR count). The number of benzene rings is 2. The number of halogens is 2. The van der Waals surface area contributed by atoms with Crippen LogP contribution in [-0.4, -0.2) is 66.3 Å². The topological polar surface area (TPSA) is 43.9 Å². The van der Waals surface area contributed by atoms with E-state index in [2.05, 4.69) is 0 Å². The van der Waals surface area contributed by atoms with E-state index in [9.17, 15) is 9.59 Å². The number of likely N-dealkylation sites (N-methyl/N-ethyl adjacent to an activating group) is 1. The molecule has 28 heavy (non-hydrogen) atoms. The Balaban J connectivity index is 1.51. The predicted octanol–water partition coefficient (Wildman–Crippen LogP) is 3.41. The summed E-state index contributed by atoms with van der Waals surface area (Å²) in [5, 5.41) is 0.637. The highest BCUT2D eigenvalue weighted by Gasteiger charge is 2.26. The van der Waals surface area contributed by atoms with Crippen molar-refractivity contribution >= 4 is 35.0 Å². The van der Waals surface area contributed by atoms with E-state index in [1.807, 2.05) is 47.2 Å². The highest BCUT2D eigenvalue weighted by Crippen LogP contribution is 2.26. The summed E-state index contributed by atoms with van der Waals surface area (Å²) in [6.07, 6.45) is 0. The van der Waals surface area contributed by atoms with Crippen molar-refractivity contribution in [2.75, 3.05) is 39.8 Å². The molecule has 1 fully saturated rings. The molecule has 1 heterocycles. The van der Waals surface area contributed by atoms with Crippen molar-refractivity contribution in [1.82, 2.24) is 14.7 Å². The molecule has 1 saturated heterocycles. The number of hydrogen-bond donors (Lipinski definition) is 0.